The molecule has 0 bridgehead atoms. The van der Waals surface area contributed by atoms with Gasteiger partial charge in [-0.2, -0.15) is 0 Å². The molecule has 4 aromatic rings. The number of phenolic OH excluding ortho intramolecular Hbond substituents is 2. The number of ether oxygens (including phenoxy) is 1. The number of benzene rings is 3. The van der Waals surface area contributed by atoms with Gasteiger partial charge in [0, 0.05) is 26.1 Å². The summed E-state index contributed by atoms with van der Waals surface area (Å²) in [5, 5.41) is 20.5. The summed E-state index contributed by atoms with van der Waals surface area (Å²) in [7, 11) is 0. The lowest BCUT2D eigenvalue weighted by molar-refractivity contribution is 0.104. The molecular formula is C29H29NO4S. The van der Waals surface area contributed by atoms with E-state index in [1.807, 2.05) is 24.3 Å². The molecule has 0 saturated carbocycles. The van der Waals surface area contributed by atoms with Crippen molar-refractivity contribution in [1.82, 2.24) is 4.90 Å². The predicted molar refractivity (Wildman–Crippen MR) is 141 cm³/mol. The van der Waals surface area contributed by atoms with E-state index in [0.29, 0.717) is 17.7 Å². The van der Waals surface area contributed by atoms with Gasteiger partial charge in [-0.25, -0.2) is 0 Å². The topological polar surface area (TPSA) is 70.0 Å². The molecule has 0 aliphatic carbocycles. The van der Waals surface area contributed by atoms with Gasteiger partial charge in [-0.15, -0.1) is 11.3 Å². The third-order valence-corrected chi connectivity index (χ3v) is 7.68. The van der Waals surface area contributed by atoms with Gasteiger partial charge in [-0.1, -0.05) is 0 Å². The third kappa shape index (κ3) is 5.34. The summed E-state index contributed by atoms with van der Waals surface area (Å²) in [5.41, 5.74) is 2.03. The molecule has 0 radical (unpaired) electrons. The number of unbranched alkanes of at least 4 members (excludes halogenated alkanes) is 1. The van der Waals surface area contributed by atoms with Crippen LogP contribution in [0.3, 0.4) is 0 Å². The first-order chi connectivity index (χ1) is 17.1. The number of likely N-dealkylation sites (tertiary alicyclic amines) is 1. The highest BCUT2D eigenvalue weighted by Crippen LogP contribution is 2.41. The number of aromatic hydroxyl groups is 2. The molecule has 1 fully saturated rings. The van der Waals surface area contributed by atoms with E-state index in [1.54, 1.807) is 42.5 Å². The fraction of sp³-hybridized carbons (Fsp3) is 0.276. The van der Waals surface area contributed by atoms with Gasteiger partial charge >= 0.3 is 0 Å². The van der Waals surface area contributed by atoms with Crippen LogP contribution in [0.2, 0.25) is 0 Å². The van der Waals surface area contributed by atoms with Crippen molar-refractivity contribution < 1.29 is 19.7 Å². The summed E-state index contributed by atoms with van der Waals surface area (Å²) >= 11 is 1.46. The lowest BCUT2D eigenvalue weighted by atomic mass is 9.97. The number of hydrogen-bond donors (Lipinski definition) is 2. The molecule has 5 nitrogen and oxygen atoms in total. The Balaban J connectivity index is 1.32. The molecule has 1 aliphatic rings. The molecule has 0 unspecified atom stereocenters. The van der Waals surface area contributed by atoms with Crippen LogP contribution in [0.1, 0.15) is 41.6 Å². The van der Waals surface area contributed by atoms with Crippen LogP contribution in [0.5, 0.6) is 17.2 Å². The average Bonchev–Trinajstić information content (AvgIpc) is 3.52. The summed E-state index contributed by atoms with van der Waals surface area (Å²) < 4.78 is 6.74. The molecule has 1 aliphatic heterocycles. The van der Waals surface area contributed by atoms with Crippen molar-refractivity contribution in [3.8, 4) is 27.7 Å². The van der Waals surface area contributed by atoms with E-state index in [4.69, 9.17) is 4.74 Å². The summed E-state index contributed by atoms with van der Waals surface area (Å²) in [6, 6.07) is 19.2. The van der Waals surface area contributed by atoms with Crippen LogP contribution in [-0.2, 0) is 0 Å². The quantitative estimate of drug-likeness (QED) is 0.209. The number of ketones is 1. The zero-order chi connectivity index (χ0) is 24.2. The molecule has 2 N–H and O–H groups in total. The first kappa shape index (κ1) is 23.4. The standard InChI is InChI=1S/C29H29NO4S/c31-22-9-5-21(6-10-22)29-27(25-14-11-23(32)19-26(25)35-29)28(33)20-7-12-24(13-8-20)34-18-4-3-17-30-15-1-2-16-30/h5-14,19,31-32H,1-4,15-18H2. The van der Waals surface area contributed by atoms with Crippen molar-refractivity contribution in [2.45, 2.75) is 25.7 Å². The van der Waals surface area contributed by atoms with Gasteiger partial charge in [-0.3, -0.25) is 4.79 Å². The minimum Gasteiger partial charge on any atom is -0.508 e. The molecule has 3 aromatic carbocycles. The van der Waals surface area contributed by atoms with Crippen molar-refractivity contribution in [2.75, 3.05) is 26.2 Å². The van der Waals surface area contributed by atoms with Gasteiger partial charge in [0.1, 0.15) is 17.2 Å². The van der Waals surface area contributed by atoms with E-state index in [0.717, 1.165) is 45.7 Å². The SMILES string of the molecule is O=C(c1ccc(OCCCCN2CCCC2)cc1)c1c(-c2ccc(O)cc2)sc2cc(O)ccc12. The summed E-state index contributed by atoms with van der Waals surface area (Å²) in [6.45, 7) is 4.27. The van der Waals surface area contributed by atoms with Crippen LogP contribution in [0, 0.1) is 0 Å². The maximum Gasteiger partial charge on any atom is 0.195 e. The first-order valence-electron chi connectivity index (χ1n) is 12.1. The summed E-state index contributed by atoms with van der Waals surface area (Å²) in [4.78, 5) is 17.0. The molecule has 5 rings (SSSR count). The Bertz CT molecular complexity index is 1310. The van der Waals surface area contributed by atoms with E-state index < -0.39 is 0 Å². The fourth-order valence-corrected chi connectivity index (χ4v) is 5.85. The van der Waals surface area contributed by atoms with Gasteiger partial charge in [0.25, 0.3) is 0 Å². The first-order valence-corrected chi connectivity index (χ1v) is 12.9. The van der Waals surface area contributed by atoms with Crippen LogP contribution >= 0.6 is 11.3 Å². The van der Waals surface area contributed by atoms with Gasteiger partial charge < -0.3 is 19.8 Å². The van der Waals surface area contributed by atoms with Gasteiger partial charge in [0.15, 0.2) is 5.78 Å². The van der Waals surface area contributed by atoms with Gasteiger partial charge in [0.05, 0.1) is 6.61 Å². The number of carbonyl (C=O) groups is 1. The number of hydrogen-bond acceptors (Lipinski definition) is 6. The number of carbonyl (C=O) groups excluding carboxylic acids is 1. The highest BCUT2D eigenvalue weighted by atomic mass is 32.1. The van der Waals surface area contributed by atoms with Crippen molar-refractivity contribution >= 4 is 27.2 Å². The largest absolute Gasteiger partial charge is 0.508 e. The Morgan fingerprint density at radius 3 is 2.34 bits per heavy atom. The minimum atomic E-state index is -0.0813. The zero-order valence-electron chi connectivity index (χ0n) is 19.6. The number of nitrogens with zero attached hydrogens (tertiary/aromatic N) is 1. The van der Waals surface area contributed by atoms with Gasteiger partial charge in [-0.05, 0) is 118 Å². The Morgan fingerprint density at radius 1 is 0.886 bits per heavy atom. The second-order valence-electron chi connectivity index (χ2n) is 8.99. The highest BCUT2D eigenvalue weighted by Gasteiger charge is 2.22. The molecule has 0 spiro atoms. The predicted octanol–water partition coefficient (Wildman–Crippen LogP) is 6.47. The van der Waals surface area contributed by atoms with Crippen LogP contribution < -0.4 is 4.74 Å². The van der Waals surface area contributed by atoms with E-state index in [-0.39, 0.29) is 17.3 Å². The van der Waals surface area contributed by atoms with Crippen LogP contribution in [-0.4, -0.2) is 47.1 Å². The Morgan fingerprint density at radius 2 is 1.60 bits per heavy atom. The number of rotatable bonds is 9. The van der Waals surface area contributed by atoms with Crippen molar-refractivity contribution in [2.24, 2.45) is 0 Å². The molecule has 180 valence electrons. The Labute approximate surface area is 209 Å². The zero-order valence-corrected chi connectivity index (χ0v) is 20.4. The normalized spacial score (nSPS) is 13.9. The van der Waals surface area contributed by atoms with Crippen LogP contribution in [0.25, 0.3) is 20.5 Å². The smallest absolute Gasteiger partial charge is 0.195 e. The number of phenols is 2. The Hall–Kier alpha value is -3.35. The van der Waals surface area contributed by atoms with E-state index >= 15 is 0 Å². The van der Waals surface area contributed by atoms with Gasteiger partial charge in [0.2, 0.25) is 0 Å². The summed E-state index contributed by atoms with van der Waals surface area (Å²) in [5.74, 6) is 1.02. The molecule has 1 aromatic heterocycles. The molecule has 2 heterocycles. The second kappa shape index (κ2) is 10.5. The molecule has 0 atom stereocenters. The van der Waals surface area contributed by atoms with Crippen molar-refractivity contribution in [3.63, 3.8) is 0 Å². The van der Waals surface area contributed by atoms with Crippen molar-refractivity contribution in [3.05, 3.63) is 77.9 Å². The van der Waals surface area contributed by atoms with Crippen LogP contribution in [0.4, 0.5) is 0 Å². The molecule has 6 heteroatoms. The van der Waals surface area contributed by atoms with E-state index in [9.17, 15) is 15.0 Å². The molecule has 0 amide bonds. The summed E-state index contributed by atoms with van der Waals surface area (Å²) in [6.07, 6.45) is 4.79. The molecular weight excluding hydrogens is 458 g/mol. The number of thiophene rings is 1. The molecule has 35 heavy (non-hydrogen) atoms. The lowest BCUT2D eigenvalue weighted by Gasteiger charge is -2.14. The Kier molecular flexibility index (Phi) is 7.02. The monoisotopic (exact) mass is 487 g/mol. The maximum absolute atomic E-state index is 13.7. The van der Waals surface area contributed by atoms with E-state index in [2.05, 4.69) is 4.90 Å². The lowest BCUT2D eigenvalue weighted by Crippen LogP contribution is -2.20. The fourth-order valence-electron chi connectivity index (χ4n) is 4.61. The highest BCUT2D eigenvalue weighted by molar-refractivity contribution is 7.22. The maximum atomic E-state index is 13.7. The van der Waals surface area contributed by atoms with E-state index in [1.165, 1.54) is 37.3 Å². The molecule has 1 saturated heterocycles. The second-order valence-corrected chi connectivity index (χ2v) is 10.0. The minimum absolute atomic E-state index is 0.0813. The third-order valence-electron chi connectivity index (χ3n) is 6.48. The number of fused-ring (bicyclic) bond motifs is 1. The average molecular weight is 488 g/mol. The van der Waals surface area contributed by atoms with Crippen molar-refractivity contribution in [1.29, 1.82) is 0 Å². The van der Waals surface area contributed by atoms with Crippen LogP contribution in [0.15, 0.2) is 66.7 Å².